The van der Waals surface area contributed by atoms with Gasteiger partial charge in [0.15, 0.2) is 0 Å². The van der Waals surface area contributed by atoms with Crippen molar-refractivity contribution >= 4 is 6.09 Å². The van der Waals surface area contributed by atoms with Crippen LogP contribution in [-0.2, 0) is 4.74 Å². The molecule has 0 spiro atoms. The molecule has 0 bridgehead atoms. The summed E-state index contributed by atoms with van der Waals surface area (Å²) in [4.78, 5) is 14.0. The third-order valence-electron chi connectivity index (χ3n) is 4.02. The molecule has 1 aliphatic heterocycles. The van der Waals surface area contributed by atoms with Gasteiger partial charge in [0.2, 0.25) is 0 Å². The first-order valence-corrected chi connectivity index (χ1v) is 8.17. The third-order valence-corrected chi connectivity index (χ3v) is 4.02. The number of rotatable bonds is 4. The molecule has 4 heteroatoms. The number of amides is 1. The van der Waals surface area contributed by atoms with Crippen LogP contribution in [0.25, 0.3) is 0 Å². The second-order valence-corrected chi connectivity index (χ2v) is 8.47. The molecular weight excluding hydrogens is 264 g/mol. The van der Waals surface area contributed by atoms with Crippen molar-refractivity contribution in [2.45, 2.75) is 72.4 Å². The fourth-order valence-electron chi connectivity index (χ4n) is 2.81. The van der Waals surface area contributed by atoms with Crippen molar-refractivity contribution in [1.82, 2.24) is 10.2 Å². The minimum Gasteiger partial charge on any atom is -0.444 e. The van der Waals surface area contributed by atoms with Crippen LogP contribution in [0.4, 0.5) is 4.79 Å². The van der Waals surface area contributed by atoms with Crippen LogP contribution in [0.15, 0.2) is 0 Å². The zero-order chi connectivity index (χ0) is 16.3. The van der Waals surface area contributed by atoms with E-state index in [1.54, 1.807) is 0 Å². The summed E-state index contributed by atoms with van der Waals surface area (Å²) in [5, 5.41) is 3.45. The van der Waals surface area contributed by atoms with Gasteiger partial charge in [-0.1, -0.05) is 20.8 Å². The molecule has 124 valence electrons. The number of hydrogen-bond donors (Lipinski definition) is 1. The van der Waals surface area contributed by atoms with Crippen LogP contribution < -0.4 is 5.32 Å². The second-order valence-electron chi connectivity index (χ2n) is 8.47. The number of carbonyl (C=O) groups excluding carboxylic acids is 1. The van der Waals surface area contributed by atoms with Gasteiger partial charge in [-0.15, -0.1) is 0 Å². The van der Waals surface area contributed by atoms with E-state index in [-0.39, 0.29) is 6.09 Å². The fraction of sp³-hybridized carbons (Fsp3) is 0.941. The van der Waals surface area contributed by atoms with Crippen molar-refractivity contribution in [1.29, 1.82) is 0 Å². The summed E-state index contributed by atoms with van der Waals surface area (Å²) in [5.74, 6) is 0.532. The molecule has 1 fully saturated rings. The second kappa shape index (κ2) is 6.99. The van der Waals surface area contributed by atoms with Gasteiger partial charge in [0, 0.05) is 19.1 Å². The highest BCUT2D eigenvalue weighted by molar-refractivity contribution is 5.68. The Kier molecular flexibility index (Phi) is 6.09. The van der Waals surface area contributed by atoms with E-state index >= 15 is 0 Å². The molecule has 0 aromatic rings. The highest BCUT2D eigenvalue weighted by Gasteiger charge is 2.33. The molecule has 0 aliphatic carbocycles. The zero-order valence-electron chi connectivity index (χ0n) is 15.0. The monoisotopic (exact) mass is 298 g/mol. The lowest BCUT2D eigenvalue weighted by atomic mass is 9.85. The highest BCUT2D eigenvalue weighted by atomic mass is 16.6. The summed E-state index contributed by atoms with van der Waals surface area (Å²) in [6.45, 7) is 14.2. The van der Waals surface area contributed by atoms with E-state index in [1.165, 1.54) is 6.42 Å². The van der Waals surface area contributed by atoms with E-state index in [4.69, 9.17) is 4.74 Å². The predicted molar refractivity (Wildman–Crippen MR) is 87.5 cm³/mol. The van der Waals surface area contributed by atoms with Crippen molar-refractivity contribution in [2.24, 2.45) is 11.3 Å². The van der Waals surface area contributed by atoms with Crippen molar-refractivity contribution in [3.63, 3.8) is 0 Å². The Morgan fingerprint density at radius 3 is 2.38 bits per heavy atom. The Labute approximate surface area is 130 Å². The van der Waals surface area contributed by atoms with E-state index in [0.29, 0.717) is 17.4 Å². The van der Waals surface area contributed by atoms with Crippen LogP contribution in [0.1, 0.15) is 60.8 Å². The third kappa shape index (κ3) is 6.68. The maximum atomic E-state index is 12.1. The maximum Gasteiger partial charge on any atom is 0.410 e. The Balaban J connectivity index is 2.49. The number of ether oxygens (including phenoxy) is 1. The highest BCUT2D eigenvalue weighted by Crippen LogP contribution is 2.28. The van der Waals surface area contributed by atoms with Crippen molar-refractivity contribution in [3.05, 3.63) is 0 Å². The average molecular weight is 298 g/mol. The molecule has 2 unspecified atom stereocenters. The molecule has 1 heterocycles. The standard InChI is InChI=1S/C17H34N2O2/c1-16(2,3)10-8-14(18-7)13-9-11-19(12-13)15(20)21-17(4,5)6/h13-14,18H,8-12H2,1-7H3. The number of hydrogen-bond acceptors (Lipinski definition) is 3. The van der Waals surface area contributed by atoms with Gasteiger partial charge in [0.05, 0.1) is 0 Å². The van der Waals surface area contributed by atoms with Crippen LogP contribution in [0.5, 0.6) is 0 Å². The topological polar surface area (TPSA) is 41.6 Å². The molecule has 1 amide bonds. The largest absolute Gasteiger partial charge is 0.444 e. The van der Waals surface area contributed by atoms with Gasteiger partial charge in [0.1, 0.15) is 5.60 Å². The predicted octanol–water partition coefficient (Wildman–Crippen LogP) is 3.66. The molecule has 0 aromatic heterocycles. The summed E-state index contributed by atoms with van der Waals surface area (Å²) in [7, 11) is 2.03. The van der Waals surface area contributed by atoms with E-state index in [1.807, 2.05) is 32.7 Å². The molecule has 2 atom stereocenters. The zero-order valence-corrected chi connectivity index (χ0v) is 15.0. The van der Waals surface area contributed by atoms with Gasteiger partial charge in [-0.05, 0) is 58.4 Å². The maximum absolute atomic E-state index is 12.1. The van der Waals surface area contributed by atoms with Gasteiger partial charge in [-0.3, -0.25) is 0 Å². The Bertz CT molecular complexity index is 342. The molecule has 0 radical (unpaired) electrons. The van der Waals surface area contributed by atoms with Gasteiger partial charge in [-0.25, -0.2) is 4.79 Å². The first-order valence-electron chi connectivity index (χ1n) is 8.17. The summed E-state index contributed by atoms with van der Waals surface area (Å²) in [6.07, 6.45) is 3.25. The van der Waals surface area contributed by atoms with E-state index in [2.05, 4.69) is 26.1 Å². The minimum atomic E-state index is -0.413. The van der Waals surface area contributed by atoms with Crippen LogP contribution in [0.3, 0.4) is 0 Å². The molecule has 1 saturated heterocycles. The van der Waals surface area contributed by atoms with Gasteiger partial charge in [-0.2, -0.15) is 0 Å². The lowest BCUT2D eigenvalue weighted by Crippen LogP contribution is -2.39. The molecular formula is C17H34N2O2. The molecule has 0 saturated carbocycles. The Hall–Kier alpha value is -0.770. The number of likely N-dealkylation sites (tertiary alicyclic amines) is 1. The van der Waals surface area contributed by atoms with Gasteiger partial charge < -0.3 is 15.0 Å². The van der Waals surface area contributed by atoms with E-state index in [9.17, 15) is 4.79 Å². The number of nitrogens with zero attached hydrogens (tertiary/aromatic N) is 1. The molecule has 21 heavy (non-hydrogen) atoms. The van der Waals surface area contributed by atoms with Crippen LogP contribution in [-0.4, -0.2) is 42.8 Å². The lowest BCUT2D eigenvalue weighted by Gasteiger charge is -2.28. The first-order chi connectivity index (χ1) is 9.52. The van der Waals surface area contributed by atoms with Crippen LogP contribution >= 0.6 is 0 Å². The van der Waals surface area contributed by atoms with Crippen molar-refractivity contribution < 1.29 is 9.53 Å². The Morgan fingerprint density at radius 1 is 1.29 bits per heavy atom. The average Bonchev–Trinajstić information content (AvgIpc) is 2.75. The smallest absolute Gasteiger partial charge is 0.410 e. The first kappa shape index (κ1) is 18.3. The van der Waals surface area contributed by atoms with Crippen molar-refractivity contribution in [3.8, 4) is 0 Å². The molecule has 1 aliphatic rings. The molecule has 1 N–H and O–H groups in total. The lowest BCUT2D eigenvalue weighted by molar-refractivity contribution is 0.0285. The quantitative estimate of drug-likeness (QED) is 0.861. The van der Waals surface area contributed by atoms with Crippen molar-refractivity contribution in [2.75, 3.05) is 20.1 Å². The normalized spacial score (nSPS) is 21.5. The number of carbonyl (C=O) groups is 1. The summed E-state index contributed by atoms with van der Waals surface area (Å²) < 4.78 is 5.46. The molecule has 4 nitrogen and oxygen atoms in total. The fourth-order valence-corrected chi connectivity index (χ4v) is 2.81. The summed E-state index contributed by atoms with van der Waals surface area (Å²) >= 11 is 0. The number of nitrogens with one attached hydrogen (secondary N) is 1. The molecule has 0 aromatic carbocycles. The van der Waals surface area contributed by atoms with Crippen LogP contribution in [0.2, 0.25) is 0 Å². The van der Waals surface area contributed by atoms with Crippen LogP contribution in [0, 0.1) is 11.3 Å². The SMILES string of the molecule is CNC(CCC(C)(C)C)C1CCN(C(=O)OC(C)(C)C)C1. The summed E-state index contributed by atoms with van der Waals surface area (Å²) in [6, 6.07) is 0.483. The molecule has 1 rings (SSSR count). The van der Waals surface area contributed by atoms with E-state index < -0.39 is 5.60 Å². The Morgan fingerprint density at radius 2 is 1.90 bits per heavy atom. The van der Waals surface area contributed by atoms with E-state index in [0.717, 1.165) is 25.9 Å². The van der Waals surface area contributed by atoms with Gasteiger partial charge in [0.25, 0.3) is 0 Å². The minimum absolute atomic E-state index is 0.171. The summed E-state index contributed by atoms with van der Waals surface area (Å²) in [5.41, 5.74) is -0.0532. The van der Waals surface area contributed by atoms with Gasteiger partial charge >= 0.3 is 6.09 Å².